The van der Waals surface area contributed by atoms with Gasteiger partial charge in [-0.1, -0.05) is 12.1 Å². The van der Waals surface area contributed by atoms with Crippen LogP contribution in [0.25, 0.3) is 0 Å². The summed E-state index contributed by atoms with van der Waals surface area (Å²) in [6.07, 6.45) is -3.81. The molecule has 0 bridgehead atoms. The third-order valence-corrected chi connectivity index (χ3v) is 4.96. The van der Waals surface area contributed by atoms with Crippen LogP contribution in [0.2, 0.25) is 0 Å². The predicted octanol–water partition coefficient (Wildman–Crippen LogP) is 3.99. The van der Waals surface area contributed by atoms with Crippen molar-refractivity contribution in [2.24, 2.45) is 0 Å². The second-order valence-corrected chi connectivity index (χ2v) is 7.16. The molecule has 0 aliphatic carbocycles. The van der Waals surface area contributed by atoms with Gasteiger partial charge >= 0.3 is 6.18 Å². The number of hydrogen-bond acceptors (Lipinski definition) is 3. The number of alkyl halides is 3. The fourth-order valence-corrected chi connectivity index (χ4v) is 3.30. The number of amides is 2. The number of piperazine rings is 1. The number of carbonyl (C=O) groups is 2. The first kappa shape index (κ1) is 22.6. The van der Waals surface area contributed by atoms with Crippen molar-refractivity contribution >= 4 is 11.8 Å². The largest absolute Gasteiger partial charge is 0.493 e. The first-order chi connectivity index (χ1) is 14.7. The Hall–Kier alpha value is -3.10. The van der Waals surface area contributed by atoms with Gasteiger partial charge in [-0.15, -0.1) is 0 Å². The van der Waals surface area contributed by atoms with Crippen LogP contribution in [0, 0.1) is 5.82 Å². The number of hydrogen-bond donors (Lipinski definition) is 0. The van der Waals surface area contributed by atoms with Gasteiger partial charge in [-0.25, -0.2) is 4.39 Å². The minimum atomic E-state index is -4.51. The van der Waals surface area contributed by atoms with Crippen LogP contribution in [0.3, 0.4) is 0 Å². The zero-order valence-electron chi connectivity index (χ0n) is 16.7. The van der Waals surface area contributed by atoms with Crippen molar-refractivity contribution in [2.75, 3.05) is 32.8 Å². The van der Waals surface area contributed by atoms with Crippen LogP contribution in [0.4, 0.5) is 17.6 Å². The Kier molecular flexibility index (Phi) is 7.14. The molecule has 0 spiro atoms. The molecule has 0 saturated carbocycles. The van der Waals surface area contributed by atoms with E-state index in [1.165, 1.54) is 35.2 Å². The van der Waals surface area contributed by atoms with Crippen LogP contribution in [-0.4, -0.2) is 54.4 Å². The number of benzene rings is 2. The number of carbonyl (C=O) groups excluding carboxylic acids is 2. The molecule has 1 saturated heterocycles. The average Bonchev–Trinajstić information content (AvgIpc) is 2.76. The monoisotopic (exact) mass is 438 g/mol. The summed E-state index contributed by atoms with van der Waals surface area (Å²) in [5, 5.41) is 0. The van der Waals surface area contributed by atoms with Gasteiger partial charge in [0.2, 0.25) is 5.91 Å². The minimum Gasteiger partial charge on any atom is -0.493 e. The van der Waals surface area contributed by atoms with Gasteiger partial charge in [-0.05, 0) is 36.8 Å². The highest BCUT2D eigenvalue weighted by atomic mass is 19.4. The molecule has 0 atom stereocenters. The van der Waals surface area contributed by atoms with Gasteiger partial charge in [0.25, 0.3) is 5.91 Å². The molecule has 1 fully saturated rings. The molecular weight excluding hydrogens is 416 g/mol. The maximum atomic E-state index is 13.1. The Morgan fingerprint density at radius 1 is 0.935 bits per heavy atom. The molecule has 9 heteroatoms. The summed E-state index contributed by atoms with van der Waals surface area (Å²) in [5.74, 6) is -0.573. The number of halogens is 4. The number of rotatable bonds is 6. The van der Waals surface area contributed by atoms with Crippen molar-refractivity contribution in [3.05, 3.63) is 65.5 Å². The van der Waals surface area contributed by atoms with E-state index in [1.807, 2.05) is 0 Å². The molecule has 2 aromatic carbocycles. The summed E-state index contributed by atoms with van der Waals surface area (Å²) in [6, 6.07) is 10.1. The van der Waals surface area contributed by atoms with E-state index in [0.29, 0.717) is 25.3 Å². The zero-order valence-corrected chi connectivity index (χ0v) is 16.7. The lowest BCUT2D eigenvalue weighted by atomic mass is 10.1. The second kappa shape index (κ2) is 9.80. The Morgan fingerprint density at radius 2 is 1.61 bits per heavy atom. The topological polar surface area (TPSA) is 49.9 Å². The smallest absolute Gasteiger partial charge is 0.416 e. The molecule has 2 amide bonds. The molecule has 1 heterocycles. The fourth-order valence-electron chi connectivity index (χ4n) is 3.30. The van der Waals surface area contributed by atoms with Crippen molar-refractivity contribution in [3.8, 4) is 5.75 Å². The van der Waals surface area contributed by atoms with E-state index in [9.17, 15) is 27.2 Å². The van der Waals surface area contributed by atoms with Crippen LogP contribution in [0.5, 0.6) is 5.75 Å². The van der Waals surface area contributed by atoms with E-state index in [1.54, 1.807) is 11.0 Å². The van der Waals surface area contributed by atoms with Gasteiger partial charge in [0.05, 0.1) is 12.2 Å². The van der Waals surface area contributed by atoms with Crippen LogP contribution >= 0.6 is 0 Å². The molecule has 5 nitrogen and oxygen atoms in total. The van der Waals surface area contributed by atoms with E-state index in [-0.39, 0.29) is 37.6 Å². The molecule has 0 N–H and O–H groups in total. The fraction of sp³-hybridized carbons (Fsp3) is 0.364. The van der Waals surface area contributed by atoms with Gasteiger partial charge in [-0.2, -0.15) is 13.2 Å². The van der Waals surface area contributed by atoms with Gasteiger partial charge in [0.15, 0.2) is 0 Å². The highest BCUT2D eigenvalue weighted by Crippen LogP contribution is 2.29. The first-order valence-corrected chi connectivity index (χ1v) is 9.87. The highest BCUT2D eigenvalue weighted by molar-refractivity contribution is 5.94. The SMILES string of the molecule is O=C(CCCOc1cccc(F)c1)N1CCN(C(=O)c2cccc(C(F)(F)F)c2)CC1. The molecule has 1 aliphatic rings. The van der Waals surface area contributed by atoms with E-state index in [2.05, 4.69) is 0 Å². The minimum absolute atomic E-state index is 0.0240. The van der Waals surface area contributed by atoms with E-state index in [0.717, 1.165) is 12.1 Å². The van der Waals surface area contributed by atoms with Gasteiger partial charge in [0, 0.05) is 44.2 Å². The molecule has 1 aliphatic heterocycles. The first-order valence-electron chi connectivity index (χ1n) is 9.87. The Bertz CT molecular complexity index is 925. The Morgan fingerprint density at radius 3 is 2.29 bits per heavy atom. The quantitative estimate of drug-likeness (QED) is 0.506. The van der Waals surface area contributed by atoms with Crippen LogP contribution in [0.1, 0.15) is 28.8 Å². The summed E-state index contributed by atoms with van der Waals surface area (Å²) < 4.78 is 57.1. The molecule has 0 unspecified atom stereocenters. The number of ether oxygens (including phenoxy) is 1. The van der Waals surface area contributed by atoms with Crippen LogP contribution in [0.15, 0.2) is 48.5 Å². The lowest BCUT2D eigenvalue weighted by molar-refractivity contribution is -0.137. The summed E-state index contributed by atoms with van der Waals surface area (Å²) in [7, 11) is 0. The summed E-state index contributed by atoms with van der Waals surface area (Å²) in [5.41, 5.74) is -0.892. The summed E-state index contributed by atoms with van der Waals surface area (Å²) in [4.78, 5) is 28.0. The van der Waals surface area contributed by atoms with E-state index >= 15 is 0 Å². The van der Waals surface area contributed by atoms with E-state index < -0.39 is 23.5 Å². The summed E-state index contributed by atoms with van der Waals surface area (Å²) in [6.45, 7) is 1.40. The number of nitrogens with zero attached hydrogens (tertiary/aromatic N) is 2. The van der Waals surface area contributed by atoms with Crippen LogP contribution in [-0.2, 0) is 11.0 Å². The highest BCUT2D eigenvalue weighted by Gasteiger charge is 2.32. The lowest BCUT2D eigenvalue weighted by Crippen LogP contribution is -2.50. The van der Waals surface area contributed by atoms with Crippen molar-refractivity contribution in [1.29, 1.82) is 0 Å². The zero-order chi connectivity index (χ0) is 22.4. The normalized spacial score (nSPS) is 14.5. The van der Waals surface area contributed by atoms with Crippen molar-refractivity contribution in [2.45, 2.75) is 19.0 Å². The molecule has 2 aromatic rings. The molecule has 3 rings (SSSR count). The van der Waals surface area contributed by atoms with Gasteiger partial charge < -0.3 is 14.5 Å². The molecule has 0 radical (unpaired) electrons. The summed E-state index contributed by atoms with van der Waals surface area (Å²) >= 11 is 0. The third-order valence-electron chi connectivity index (χ3n) is 4.96. The molecular formula is C22H22F4N2O3. The second-order valence-electron chi connectivity index (χ2n) is 7.16. The third kappa shape index (κ3) is 6.19. The van der Waals surface area contributed by atoms with Crippen molar-refractivity contribution in [3.63, 3.8) is 0 Å². The molecule has 0 aromatic heterocycles. The Balaban J connectivity index is 1.43. The standard InChI is InChI=1S/C22H22F4N2O3/c23-18-6-2-7-19(15-18)31-13-3-8-20(29)27-9-11-28(12-10-27)21(30)16-4-1-5-17(14-16)22(24,25)26/h1-2,4-7,14-15H,3,8-13H2. The molecule has 31 heavy (non-hydrogen) atoms. The Labute approximate surface area is 177 Å². The van der Waals surface area contributed by atoms with Crippen molar-refractivity contribution < 1.29 is 31.9 Å². The molecule has 166 valence electrons. The average molecular weight is 438 g/mol. The van der Waals surface area contributed by atoms with Crippen molar-refractivity contribution in [1.82, 2.24) is 9.80 Å². The van der Waals surface area contributed by atoms with Gasteiger partial charge in [0.1, 0.15) is 11.6 Å². The maximum Gasteiger partial charge on any atom is 0.416 e. The lowest BCUT2D eigenvalue weighted by Gasteiger charge is -2.35. The van der Waals surface area contributed by atoms with Crippen LogP contribution < -0.4 is 4.74 Å². The van der Waals surface area contributed by atoms with Gasteiger partial charge in [-0.3, -0.25) is 9.59 Å². The van der Waals surface area contributed by atoms with E-state index in [4.69, 9.17) is 4.74 Å². The maximum absolute atomic E-state index is 13.1. The predicted molar refractivity (Wildman–Crippen MR) is 105 cm³/mol.